The summed E-state index contributed by atoms with van der Waals surface area (Å²) in [5.74, 6) is -3.82. The van der Waals surface area contributed by atoms with Gasteiger partial charge in [-0.2, -0.15) is 0 Å². The summed E-state index contributed by atoms with van der Waals surface area (Å²) in [4.78, 5) is 21.7. The van der Waals surface area contributed by atoms with Gasteiger partial charge in [0.15, 0.2) is 6.33 Å². The molecule has 0 radical (unpaired) electrons. The highest BCUT2D eigenvalue weighted by Gasteiger charge is 2.29. The van der Waals surface area contributed by atoms with Gasteiger partial charge in [0, 0.05) is 22.3 Å². The number of carbonyl (C=O) groups is 1. The van der Waals surface area contributed by atoms with E-state index in [0.29, 0.717) is 6.07 Å². The number of hydrogen-bond acceptors (Lipinski definition) is 6. The van der Waals surface area contributed by atoms with Crippen LogP contribution in [0.5, 0.6) is 0 Å². The molecule has 2 rings (SSSR count). The van der Waals surface area contributed by atoms with Crippen molar-refractivity contribution in [1.82, 2.24) is 14.9 Å². The minimum Gasteiger partial charge on any atom is -0.317 e. The SMILES string of the molecule is CC(CCC(C(=O)On1cncn1)c1ccc(F)cc1F)S(=O)(=O)Cl. The van der Waals surface area contributed by atoms with Gasteiger partial charge in [-0.1, -0.05) is 10.9 Å². The van der Waals surface area contributed by atoms with E-state index in [1.165, 1.54) is 6.92 Å². The van der Waals surface area contributed by atoms with Crippen molar-refractivity contribution < 1.29 is 26.8 Å². The molecule has 2 unspecified atom stereocenters. The first-order valence-electron chi connectivity index (χ1n) is 7.13. The van der Waals surface area contributed by atoms with Gasteiger partial charge in [0.2, 0.25) is 9.05 Å². The highest BCUT2D eigenvalue weighted by atomic mass is 35.7. The molecule has 7 nitrogen and oxygen atoms in total. The zero-order valence-corrected chi connectivity index (χ0v) is 14.5. The Balaban J connectivity index is 2.25. The standard InChI is InChI=1S/C14H14ClF2N3O4S/c1-9(25(15,22)23)2-4-12(11-5-3-10(16)6-13(11)17)14(21)24-20-8-18-7-19-20/h3,5-9,12H,2,4H2,1H3. The zero-order valence-electron chi connectivity index (χ0n) is 13.0. The Morgan fingerprint density at radius 1 is 1.36 bits per heavy atom. The molecule has 0 aliphatic carbocycles. The summed E-state index contributed by atoms with van der Waals surface area (Å²) >= 11 is 0. The molecule has 0 aliphatic rings. The van der Waals surface area contributed by atoms with Crippen LogP contribution in [0.3, 0.4) is 0 Å². The third-order valence-corrected chi connectivity index (χ3v) is 5.66. The maximum Gasteiger partial charge on any atom is 0.342 e. The number of benzene rings is 1. The van der Waals surface area contributed by atoms with Gasteiger partial charge in [0.05, 0.1) is 11.2 Å². The van der Waals surface area contributed by atoms with E-state index in [1.807, 2.05) is 0 Å². The van der Waals surface area contributed by atoms with Crippen LogP contribution in [0.25, 0.3) is 0 Å². The summed E-state index contributed by atoms with van der Waals surface area (Å²) in [6, 6.07) is 2.74. The molecule has 136 valence electrons. The molecule has 0 fully saturated rings. The molecule has 11 heteroatoms. The molecule has 0 bridgehead atoms. The summed E-state index contributed by atoms with van der Waals surface area (Å²) in [5, 5.41) is 2.64. The van der Waals surface area contributed by atoms with E-state index in [-0.39, 0.29) is 18.4 Å². The molecule has 0 saturated heterocycles. The molecule has 25 heavy (non-hydrogen) atoms. The van der Waals surface area contributed by atoms with Crippen molar-refractivity contribution in [2.45, 2.75) is 30.9 Å². The molecular weight excluding hydrogens is 380 g/mol. The van der Waals surface area contributed by atoms with Crippen LogP contribution >= 0.6 is 10.7 Å². The average Bonchev–Trinajstić information content (AvgIpc) is 3.00. The van der Waals surface area contributed by atoms with Crippen LogP contribution in [0.15, 0.2) is 30.9 Å². The molecule has 0 spiro atoms. The van der Waals surface area contributed by atoms with Crippen LogP contribution in [0.1, 0.15) is 31.2 Å². The lowest BCUT2D eigenvalue weighted by Gasteiger charge is -2.17. The number of halogens is 3. The van der Waals surface area contributed by atoms with E-state index in [0.717, 1.165) is 29.6 Å². The van der Waals surface area contributed by atoms with E-state index >= 15 is 0 Å². The fourth-order valence-corrected chi connectivity index (χ4v) is 2.81. The quantitative estimate of drug-likeness (QED) is 0.668. The molecule has 0 saturated carbocycles. The summed E-state index contributed by atoms with van der Waals surface area (Å²) in [6.07, 6.45) is 2.13. The van der Waals surface area contributed by atoms with Crippen LogP contribution in [-0.4, -0.2) is 34.6 Å². The van der Waals surface area contributed by atoms with Gasteiger partial charge < -0.3 is 4.84 Å². The predicted molar refractivity (Wildman–Crippen MR) is 84.2 cm³/mol. The van der Waals surface area contributed by atoms with E-state index < -0.39 is 37.8 Å². The first-order chi connectivity index (χ1) is 11.7. The largest absolute Gasteiger partial charge is 0.342 e. The van der Waals surface area contributed by atoms with Gasteiger partial charge >= 0.3 is 5.97 Å². The number of nitrogens with zero attached hydrogens (tertiary/aromatic N) is 3. The summed E-state index contributed by atoms with van der Waals surface area (Å²) in [6.45, 7) is 1.36. The number of carbonyl (C=O) groups excluding carboxylic acids is 1. The van der Waals surface area contributed by atoms with Gasteiger partial charge in [-0.3, -0.25) is 0 Å². The smallest absolute Gasteiger partial charge is 0.317 e. The fourth-order valence-electron chi connectivity index (χ4n) is 2.13. The maximum atomic E-state index is 14.1. The van der Waals surface area contributed by atoms with E-state index in [2.05, 4.69) is 10.1 Å². The lowest BCUT2D eigenvalue weighted by Crippen LogP contribution is -2.28. The van der Waals surface area contributed by atoms with Gasteiger partial charge in [0.25, 0.3) is 0 Å². The van der Waals surface area contributed by atoms with Gasteiger partial charge in [-0.25, -0.2) is 27.0 Å². The summed E-state index contributed by atoms with van der Waals surface area (Å²) in [5.41, 5.74) is -0.120. The minimum atomic E-state index is -3.83. The predicted octanol–water partition coefficient (Wildman–Crippen LogP) is 2.03. The number of rotatable bonds is 7. The van der Waals surface area contributed by atoms with Crippen molar-refractivity contribution in [3.05, 3.63) is 48.1 Å². The second kappa shape index (κ2) is 7.87. The highest BCUT2D eigenvalue weighted by molar-refractivity contribution is 8.14. The Kier molecular flexibility index (Phi) is 6.07. The molecule has 2 atom stereocenters. The maximum absolute atomic E-state index is 14.1. The molecular formula is C14H14ClF2N3O4S. The Hall–Kier alpha value is -2.07. The van der Waals surface area contributed by atoms with Gasteiger partial charge in [0.1, 0.15) is 18.0 Å². The molecule has 1 aromatic heterocycles. The van der Waals surface area contributed by atoms with Crippen molar-refractivity contribution in [1.29, 1.82) is 0 Å². The number of hydrogen-bond donors (Lipinski definition) is 0. The third-order valence-electron chi connectivity index (χ3n) is 3.55. The monoisotopic (exact) mass is 393 g/mol. The molecule has 2 aromatic rings. The Labute approximate surface area is 146 Å². The van der Waals surface area contributed by atoms with Crippen LogP contribution < -0.4 is 4.84 Å². The Bertz CT molecular complexity index is 846. The highest BCUT2D eigenvalue weighted by Crippen LogP contribution is 2.27. The lowest BCUT2D eigenvalue weighted by atomic mass is 9.93. The Morgan fingerprint density at radius 3 is 2.64 bits per heavy atom. The van der Waals surface area contributed by atoms with Crippen molar-refractivity contribution in [3.63, 3.8) is 0 Å². The second-order valence-corrected chi connectivity index (χ2v) is 8.34. The van der Waals surface area contributed by atoms with Crippen LogP contribution in [0.4, 0.5) is 8.78 Å². The summed E-state index contributed by atoms with van der Waals surface area (Å²) in [7, 11) is 1.44. The lowest BCUT2D eigenvalue weighted by molar-refractivity contribution is -0.148. The molecule has 1 heterocycles. The number of aromatic nitrogens is 3. The second-order valence-electron chi connectivity index (χ2n) is 5.29. The topological polar surface area (TPSA) is 91.2 Å². The van der Waals surface area contributed by atoms with E-state index in [9.17, 15) is 22.0 Å². The van der Waals surface area contributed by atoms with Crippen LogP contribution in [-0.2, 0) is 13.8 Å². The van der Waals surface area contributed by atoms with E-state index in [1.54, 1.807) is 0 Å². The third kappa shape index (κ3) is 5.20. The molecule has 0 aliphatic heterocycles. The first kappa shape index (κ1) is 19.3. The molecule has 0 amide bonds. The molecule has 1 aromatic carbocycles. The van der Waals surface area contributed by atoms with Crippen molar-refractivity contribution in [2.75, 3.05) is 0 Å². The van der Waals surface area contributed by atoms with Crippen molar-refractivity contribution in [2.24, 2.45) is 0 Å². The van der Waals surface area contributed by atoms with Gasteiger partial charge in [-0.05, 0) is 25.8 Å². The van der Waals surface area contributed by atoms with Crippen molar-refractivity contribution in [3.8, 4) is 0 Å². The Morgan fingerprint density at radius 2 is 2.08 bits per heavy atom. The first-order valence-corrected chi connectivity index (χ1v) is 9.51. The fraction of sp³-hybridized carbons (Fsp3) is 0.357. The zero-order chi connectivity index (χ0) is 18.6. The van der Waals surface area contributed by atoms with E-state index in [4.69, 9.17) is 15.5 Å². The van der Waals surface area contributed by atoms with Gasteiger partial charge in [-0.15, -0.1) is 5.10 Å². The summed E-state index contributed by atoms with van der Waals surface area (Å²) < 4.78 is 49.8. The average molecular weight is 394 g/mol. The minimum absolute atomic E-state index is 0.0280. The van der Waals surface area contributed by atoms with Crippen LogP contribution in [0, 0.1) is 11.6 Å². The molecule has 0 N–H and O–H groups in total. The normalized spacial score (nSPS) is 14.1. The van der Waals surface area contributed by atoms with Crippen molar-refractivity contribution >= 4 is 25.7 Å². The van der Waals surface area contributed by atoms with Crippen LogP contribution in [0.2, 0.25) is 0 Å².